The standard InChI is InChI=1S/C24H22N2O/c1-19-9-13-22(14-10-19)25-17-6-18-26(23-15-11-20(2)12-16-23)24(27)21-7-4-3-5-8-21/h3-18H,1-2H3/b18-6+,25-17?. The van der Waals surface area contributed by atoms with Gasteiger partial charge in [0.15, 0.2) is 0 Å². The van der Waals surface area contributed by atoms with Crippen LogP contribution in [0.2, 0.25) is 0 Å². The summed E-state index contributed by atoms with van der Waals surface area (Å²) >= 11 is 0. The van der Waals surface area contributed by atoms with E-state index in [4.69, 9.17) is 0 Å². The molecule has 0 saturated carbocycles. The zero-order chi connectivity index (χ0) is 19.1. The number of aryl methyl sites for hydroxylation is 2. The number of carbonyl (C=O) groups is 1. The summed E-state index contributed by atoms with van der Waals surface area (Å²) in [6.07, 6.45) is 5.22. The Hall–Kier alpha value is -3.46. The van der Waals surface area contributed by atoms with E-state index in [1.807, 2.05) is 92.7 Å². The molecule has 0 saturated heterocycles. The van der Waals surface area contributed by atoms with Gasteiger partial charge in [-0.05, 0) is 56.3 Å². The number of rotatable bonds is 5. The number of amides is 1. The molecule has 3 aromatic rings. The molecule has 0 aromatic heterocycles. The van der Waals surface area contributed by atoms with E-state index < -0.39 is 0 Å². The Labute approximate surface area is 160 Å². The Balaban J connectivity index is 1.84. The van der Waals surface area contributed by atoms with E-state index in [0.29, 0.717) is 5.56 Å². The molecule has 0 fully saturated rings. The third kappa shape index (κ3) is 5.02. The van der Waals surface area contributed by atoms with E-state index >= 15 is 0 Å². The second-order valence-corrected chi connectivity index (χ2v) is 6.33. The van der Waals surface area contributed by atoms with E-state index in [9.17, 15) is 4.79 Å². The second-order valence-electron chi connectivity index (χ2n) is 6.33. The van der Waals surface area contributed by atoms with Gasteiger partial charge in [-0.25, -0.2) is 0 Å². The zero-order valence-corrected chi connectivity index (χ0v) is 15.5. The van der Waals surface area contributed by atoms with Crippen molar-refractivity contribution in [2.24, 2.45) is 4.99 Å². The van der Waals surface area contributed by atoms with Gasteiger partial charge in [0.1, 0.15) is 0 Å². The molecule has 134 valence electrons. The number of nitrogens with zero attached hydrogens (tertiary/aromatic N) is 2. The van der Waals surface area contributed by atoms with Crippen molar-refractivity contribution in [3.8, 4) is 0 Å². The molecule has 27 heavy (non-hydrogen) atoms. The highest BCUT2D eigenvalue weighted by molar-refractivity contribution is 6.07. The van der Waals surface area contributed by atoms with Gasteiger partial charge in [0.2, 0.25) is 0 Å². The van der Waals surface area contributed by atoms with E-state index in [2.05, 4.69) is 4.99 Å². The third-order valence-corrected chi connectivity index (χ3v) is 4.13. The first-order valence-electron chi connectivity index (χ1n) is 8.86. The molecule has 3 aromatic carbocycles. The van der Waals surface area contributed by atoms with Crippen LogP contribution < -0.4 is 4.90 Å². The lowest BCUT2D eigenvalue weighted by molar-refractivity contribution is 0.0997. The minimum Gasteiger partial charge on any atom is -0.284 e. The molecule has 0 aliphatic heterocycles. The van der Waals surface area contributed by atoms with Gasteiger partial charge in [-0.2, -0.15) is 0 Å². The smallest absolute Gasteiger partial charge is 0.262 e. The quantitative estimate of drug-likeness (QED) is 0.528. The number of aliphatic imine (C=N–C) groups is 1. The predicted molar refractivity (Wildman–Crippen MR) is 113 cm³/mol. The highest BCUT2D eigenvalue weighted by Gasteiger charge is 2.14. The SMILES string of the molecule is Cc1ccc(N=C/C=C/N(C(=O)c2ccccc2)c2ccc(C)cc2)cc1. The molecule has 1 amide bonds. The first-order chi connectivity index (χ1) is 13.1. The van der Waals surface area contributed by atoms with Crippen LogP contribution in [0.5, 0.6) is 0 Å². The van der Waals surface area contributed by atoms with Gasteiger partial charge in [-0.15, -0.1) is 0 Å². The van der Waals surface area contributed by atoms with Gasteiger partial charge >= 0.3 is 0 Å². The molecule has 0 aliphatic carbocycles. The lowest BCUT2D eigenvalue weighted by Crippen LogP contribution is -2.25. The predicted octanol–water partition coefficient (Wildman–Crippen LogP) is 5.87. The normalized spacial score (nSPS) is 11.2. The van der Waals surface area contributed by atoms with E-state index in [1.165, 1.54) is 5.56 Å². The zero-order valence-electron chi connectivity index (χ0n) is 15.5. The first-order valence-corrected chi connectivity index (χ1v) is 8.86. The summed E-state index contributed by atoms with van der Waals surface area (Å²) in [5.74, 6) is -0.0839. The van der Waals surface area contributed by atoms with Crippen LogP contribution in [0.1, 0.15) is 21.5 Å². The molecule has 3 heteroatoms. The largest absolute Gasteiger partial charge is 0.284 e. The summed E-state index contributed by atoms with van der Waals surface area (Å²) in [7, 11) is 0. The number of hydrogen-bond acceptors (Lipinski definition) is 2. The summed E-state index contributed by atoms with van der Waals surface area (Å²) < 4.78 is 0. The van der Waals surface area contributed by atoms with Crippen molar-refractivity contribution in [1.29, 1.82) is 0 Å². The molecule has 0 unspecified atom stereocenters. The Kier molecular flexibility index (Phi) is 5.95. The minimum atomic E-state index is -0.0839. The highest BCUT2D eigenvalue weighted by Crippen LogP contribution is 2.19. The van der Waals surface area contributed by atoms with Gasteiger partial charge < -0.3 is 0 Å². The topological polar surface area (TPSA) is 32.7 Å². The maximum Gasteiger partial charge on any atom is 0.262 e. The molecule has 3 nitrogen and oxygen atoms in total. The van der Waals surface area contributed by atoms with E-state index in [-0.39, 0.29) is 5.91 Å². The van der Waals surface area contributed by atoms with Crippen molar-refractivity contribution in [1.82, 2.24) is 0 Å². The maximum atomic E-state index is 13.0. The highest BCUT2D eigenvalue weighted by atomic mass is 16.2. The van der Waals surface area contributed by atoms with Crippen LogP contribution in [0.25, 0.3) is 0 Å². The first kappa shape index (κ1) is 18.3. The Morgan fingerprint density at radius 3 is 2.04 bits per heavy atom. The Bertz CT molecular complexity index is 940. The van der Waals surface area contributed by atoms with Crippen LogP contribution in [0.4, 0.5) is 11.4 Å². The second kappa shape index (κ2) is 8.77. The third-order valence-electron chi connectivity index (χ3n) is 4.13. The van der Waals surface area contributed by atoms with Crippen molar-refractivity contribution in [2.75, 3.05) is 4.90 Å². The van der Waals surface area contributed by atoms with Crippen LogP contribution in [0, 0.1) is 13.8 Å². The van der Waals surface area contributed by atoms with Crippen molar-refractivity contribution in [3.05, 3.63) is 108 Å². The Morgan fingerprint density at radius 2 is 1.41 bits per heavy atom. The van der Waals surface area contributed by atoms with E-state index in [0.717, 1.165) is 16.9 Å². The number of hydrogen-bond donors (Lipinski definition) is 0. The lowest BCUT2D eigenvalue weighted by Gasteiger charge is -2.18. The van der Waals surface area contributed by atoms with Crippen LogP contribution in [-0.4, -0.2) is 12.1 Å². The molecular formula is C24H22N2O. The van der Waals surface area contributed by atoms with Gasteiger partial charge in [0.05, 0.1) is 5.69 Å². The fourth-order valence-corrected chi connectivity index (χ4v) is 2.58. The van der Waals surface area contributed by atoms with Crippen molar-refractivity contribution in [2.45, 2.75) is 13.8 Å². The summed E-state index contributed by atoms with van der Waals surface area (Å²) in [6.45, 7) is 4.07. The van der Waals surface area contributed by atoms with Crippen molar-refractivity contribution in [3.63, 3.8) is 0 Å². The summed E-state index contributed by atoms with van der Waals surface area (Å²) in [4.78, 5) is 19.0. The Morgan fingerprint density at radius 1 is 0.815 bits per heavy atom. The van der Waals surface area contributed by atoms with Gasteiger partial charge in [0.25, 0.3) is 5.91 Å². The van der Waals surface area contributed by atoms with E-state index in [1.54, 1.807) is 23.4 Å². The van der Waals surface area contributed by atoms with Crippen LogP contribution in [0.15, 0.2) is 96.1 Å². The lowest BCUT2D eigenvalue weighted by atomic mass is 10.1. The van der Waals surface area contributed by atoms with Crippen LogP contribution in [0.3, 0.4) is 0 Å². The number of carbonyl (C=O) groups excluding carboxylic acids is 1. The minimum absolute atomic E-state index is 0.0839. The summed E-state index contributed by atoms with van der Waals surface area (Å²) in [5.41, 5.74) is 4.67. The maximum absolute atomic E-state index is 13.0. The molecule has 0 heterocycles. The van der Waals surface area contributed by atoms with Gasteiger partial charge in [-0.1, -0.05) is 53.6 Å². The summed E-state index contributed by atoms with van der Waals surface area (Å²) in [6, 6.07) is 25.1. The van der Waals surface area contributed by atoms with Gasteiger partial charge in [-0.3, -0.25) is 14.7 Å². The average molecular weight is 354 g/mol. The molecule has 0 spiro atoms. The molecule has 0 aliphatic rings. The average Bonchev–Trinajstić information content (AvgIpc) is 2.70. The van der Waals surface area contributed by atoms with Crippen LogP contribution in [-0.2, 0) is 0 Å². The number of allylic oxidation sites excluding steroid dienone is 1. The van der Waals surface area contributed by atoms with Crippen LogP contribution >= 0.6 is 0 Å². The molecule has 0 radical (unpaired) electrons. The van der Waals surface area contributed by atoms with Gasteiger partial charge in [0, 0.05) is 23.7 Å². The molecular weight excluding hydrogens is 332 g/mol. The molecule has 3 rings (SSSR count). The number of anilines is 1. The molecule has 0 bridgehead atoms. The fraction of sp³-hybridized carbons (Fsp3) is 0.0833. The monoisotopic (exact) mass is 354 g/mol. The molecule has 0 atom stereocenters. The molecule has 0 N–H and O–H groups in total. The number of benzene rings is 3. The fourth-order valence-electron chi connectivity index (χ4n) is 2.58. The van der Waals surface area contributed by atoms with Crippen molar-refractivity contribution < 1.29 is 4.79 Å². The summed E-state index contributed by atoms with van der Waals surface area (Å²) in [5, 5.41) is 0. The van der Waals surface area contributed by atoms with Crippen molar-refractivity contribution >= 4 is 23.5 Å².